The number of aryl methyl sites for hydroxylation is 3. The van der Waals surface area contributed by atoms with E-state index in [-0.39, 0.29) is 34.6 Å². The lowest BCUT2D eigenvalue weighted by Crippen LogP contribution is -2.49. The van der Waals surface area contributed by atoms with Crippen molar-refractivity contribution in [2.45, 2.75) is 64.8 Å². The third-order valence-electron chi connectivity index (χ3n) is 5.53. The maximum absolute atomic E-state index is 13.5. The number of carbonyl (C=O) groups is 1. The highest BCUT2D eigenvalue weighted by Crippen LogP contribution is 2.29. The lowest BCUT2D eigenvalue weighted by molar-refractivity contribution is -0.127. The number of hydrogen-bond acceptors (Lipinski definition) is 5. The Bertz CT molecular complexity index is 1130. The molecule has 1 aliphatic rings. The predicted octanol–water partition coefficient (Wildman–Crippen LogP) is 4.09. The summed E-state index contributed by atoms with van der Waals surface area (Å²) in [5.74, 6) is -0.300. The number of rotatable bonds is 5. The molecule has 0 bridgehead atoms. The zero-order chi connectivity index (χ0) is 23.7. The van der Waals surface area contributed by atoms with Crippen molar-refractivity contribution >= 4 is 28.1 Å². The topological polar surface area (TPSA) is 92.5 Å². The van der Waals surface area contributed by atoms with E-state index >= 15 is 0 Å². The average molecular weight is 460 g/mol. The Kier molecular flexibility index (Phi) is 6.95. The Morgan fingerprint density at radius 2 is 1.94 bits per heavy atom. The molecule has 1 fully saturated rings. The van der Waals surface area contributed by atoms with Crippen molar-refractivity contribution in [1.82, 2.24) is 14.8 Å². The SMILES string of the molecule is Cc1ccc(C)c(/C=C/c2onc(C)c2S(=O)(=O)N2CCCC(C(=O)NC(C)(C)C)C2)c1. The fraction of sp³-hybridized carbons (Fsp3) is 0.500. The van der Waals surface area contributed by atoms with Gasteiger partial charge in [-0.2, -0.15) is 4.31 Å². The van der Waals surface area contributed by atoms with Crippen LogP contribution in [-0.2, 0) is 14.8 Å². The first kappa shape index (κ1) is 24.2. The second-order valence-corrected chi connectivity index (χ2v) is 11.5. The summed E-state index contributed by atoms with van der Waals surface area (Å²) in [4.78, 5) is 12.7. The molecule has 0 spiro atoms. The summed E-state index contributed by atoms with van der Waals surface area (Å²) in [7, 11) is -3.87. The zero-order valence-electron chi connectivity index (χ0n) is 19.7. The zero-order valence-corrected chi connectivity index (χ0v) is 20.5. The molecule has 1 unspecified atom stereocenters. The van der Waals surface area contributed by atoms with Gasteiger partial charge >= 0.3 is 0 Å². The molecule has 1 aromatic carbocycles. The summed E-state index contributed by atoms with van der Waals surface area (Å²) in [5.41, 5.74) is 3.13. The van der Waals surface area contributed by atoms with Crippen molar-refractivity contribution in [2.24, 2.45) is 5.92 Å². The van der Waals surface area contributed by atoms with Gasteiger partial charge in [-0.1, -0.05) is 35.0 Å². The number of nitrogens with one attached hydrogen (secondary N) is 1. The lowest BCUT2D eigenvalue weighted by Gasteiger charge is -2.33. The van der Waals surface area contributed by atoms with E-state index in [1.54, 1.807) is 13.0 Å². The van der Waals surface area contributed by atoms with Gasteiger partial charge in [0.25, 0.3) is 0 Å². The smallest absolute Gasteiger partial charge is 0.248 e. The van der Waals surface area contributed by atoms with Crippen molar-refractivity contribution in [1.29, 1.82) is 0 Å². The van der Waals surface area contributed by atoms with Crippen molar-refractivity contribution in [3.8, 4) is 0 Å². The maximum Gasteiger partial charge on any atom is 0.248 e. The van der Waals surface area contributed by atoms with E-state index in [4.69, 9.17) is 4.52 Å². The van der Waals surface area contributed by atoms with Gasteiger partial charge in [-0.3, -0.25) is 4.79 Å². The van der Waals surface area contributed by atoms with Gasteiger partial charge in [0.1, 0.15) is 5.69 Å². The van der Waals surface area contributed by atoms with Crippen molar-refractivity contribution in [3.05, 3.63) is 46.3 Å². The number of piperidine rings is 1. The van der Waals surface area contributed by atoms with Gasteiger partial charge in [-0.15, -0.1) is 0 Å². The number of amides is 1. The number of carbonyl (C=O) groups excluding carboxylic acids is 1. The normalized spacial score (nSPS) is 18.2. The molecule has 3 rings (SSSR count). The fourth-order valence-corrected chi connectivity index (χ4v) is 5.65. The third kappa shape index (κ3) is 5.48. The number of benzene rings is 1. The van der Waals surface area contributed by atoms with Crippen LogP contribution in [0.3, 0.4) is 0 Å². The molecule has 8 heteroatoms. The van der Waals surface area contributed by atoms with Crippen LogP contribution in [0.15, 0.2) is 27.6 Å². The standard InChI is InChI=1S/C24H33N3O4S/c1-16-9-10-17(2)19(14-16)11-12-21-22(18(3)26-31-21)32(29,30)27-13-7-8-20(15-27)23(28)25-24(4,5)6/h9-12,14,20H,7-8,13,15H2,1-6H3,(H,25,28)/b12-11+. The molecule has 0 radical (unpaired) electrons. The van der Waals surface area contributed by atoms with Crippen molar-refractivity contribution < 1.29 is 17.7 Å². The number of nitrogens with zero attached hydrogens (tertiary/aromatic N) is 2. The van der Waals surface area contributed by atoms with Gasteiger partial charge in [0.05, 0.1) is 5.92 Å². The lowest BCUT2D eigenvalue weighted by atomic mass is 9.97. The van der Waals surface area contributed by atoms with Crippen LogP contribution < -0.4 is 5.32 Å². The van der Waals surface area contributed by atoms with E-state index in [0.717, 1.165) is 16.7 Å². The third-order valence-corrected chi connectivity index (χ3v) is 7.56. The molecule has 0 saturated carbocycles. The average Bonchev–Trinajstić information content (AvgIpc) is 3.08. The summed E-state index contributed by atoms with van der Waals surface area (Å²) < 4.78 is 33.8. The molecule has 1 N–H and O–H groups in total. The molecule has 1 saturated heterocycles. The Hall–Kier alpha value is -2.45. The fourth-order valence-electron chi connectivity index (χ4n) is 3.88. The summed E-state index contributed by atoms with van der Waals surface area (Å²) in [5, 5.41) is 6.89. The summed E-state index contributed by atoms with van der Waals surface area (Å²) in [6.45, 7) is 11.9. The highest BCUT2D eigenvalue weighted by molar-refractivity contribution is 7.89. The molecule has 2 aromatic rings. The first-order valence-corrected chi connectivity index (χ1v) is 12.4. The van der Waals surface area contributed by atoms with Crippen LogP contribution in [0.5, 0.6) is 0 Å². The number of aromatic nitrogens is 1. The van der Waals surface area contributed by atoms with Crippen LogP contribution in [0.4, 0.5) is 0 Å². The van der Waals surface area contributed by atoms with Crippen molar-refractivity contribution in [3.63, 3.8) is 0 Å². The summed E-state index contributed by atoms with van der Waals surface area (Å²) in [6.07, 6.45) is 4.79. The minimum Gasteiger partial charge on any atom is -0.355 e. The minimum absolute atomic E-state index is 0.0657. The molecule has 1 atom stereocenters. The quantitative estimate of drug-likeness (QED) is 0.727. The Balaban J connectivity index is 1.87. The second-order valence-electron chi connectivity index (χ2n) is 9.60. The van der Waals surface area contributed by atoms with Crippen LogP contribution >= 0.6 is 0 Å². The van der Waals surface area contributed by atoms with Gasteiger partial charge in [0, 0.05) is 18.6 Å². The van der Waals surface area contributed by atoms with E-state index in [0.29, 0.717) is 25.1 Å². The first-order valence-electron chi connectivity index (χ1n) is 10.9. The molecule has 7 nitrogen and oxygen atoms in total. The van der Waals surface area contributed by atoms with Gasteiger partial charge in [-0.25, -0.2) is 8.42 Å². The maximum atomic E-state index is 13.5. The molecule has 0 aliphatic carbocycles. The van der Waals surface area contributed by atoms with Crippen LogP contribution in [0.2, 0.25) is 0 Å². The molecule has 1 amide bonds. The highest BCUT2D eigenvalue weighted by atomic mass is 32.2. The van der Waals surface area contributed by atoms with E-state index in [1.165, 1.54) is 4.31 Å². The van der Waals surface area contributed by atoms with Gasteiger partial charge < -0.3 is 9.84 Å². The monoisotopic (exact) mass is 459 g/mol. The number of sulfonamides is 1. The van der Waals surface area contributed by atoms with Crippen LogP contribution in [0.1, 0.15) is 61.8 Å². The van der Waals surface area contributed by atoms with Gasteiger partial charge in [0.15, 0.2) is 10.7 Å². The van der Waals surface area contributed by atoms with Crippen LogP contribution in [0.25, 0.3) is 12.2 Å². The Morgan fingerprint density at radius 1 is 1.22 bits per heavy atom. The van der Waals surface area contributed by atoms with Gasteiger partial charge in [-0.05, 0) is 71.6 Å². The molecule has 2 heterocycles. The summed E-state index contributed by atoms with van der Waals surface area (Å²) in [6, 6.07) is 6.09. The van der Waals surface area contributed by atoms with E-state index in [9.17, 15) is 13.2 Å². The summed E-state index contributed by atoms with van der Waals surface area (Å²) >= 11 is 0. The van der Waals surface area contributed by atoms with E-state index in [1.807, 2.05) is 58.9 Å². The molecule has 1 aromatic heterocycles. The largest absolute Gasteiger partial charge is 0.355 e. The molecule has 174 valence electrons. The minimum atomic E-state index is -3.87. The number of hydrogen-bond donors (Lipinski definition) is 1. The highest BCUT2D eigenvalue weighted by Gasteiger charge is 2.37. The Morgan fingerprint density at radius 3 is 2.62 bits per heavy atom. The molecule has 1 aliphatic heterocycles. The first-order chi connectivity index (χ1) is 14.9. The van der Waals surface area contributed by atoms with Crippen molar-refractivity contribution in [2.75, 3.05) is 13.1 Å². The molecular formula is C24H33N3O4S. The Labute approximate surface area is 190 Å². The van der Waals surface area contributed by atoms with E-state index in [2.05, 4.69) is 10.5 Å². The van der Waals surface area contributed by atoms with Crippen LogP contribution in [0, 0.1) is 26.7 Å². The van der Waals surface area contributed by atoms with E-state index < -0.39 is 10.0 Å². The second kappa shape index (κ2) is 9.19. The van der Waals surface area contributed by atoms with Gasteiger partial charge in [0.2, 0.25) is 15.9 Å². The van der Waals surface area contributed by atoms with Crippen LogP contribution in [-0.4, -0.2) is 42.4 Å². The molecular weight excluding hydrogens is 426 g/mol. The predicted molar refractivity (Wildman–Crippen MR) is 125 cm³/mol. The molecule has 32 heavy (non-hydrogen) atoms.